The quantitative estimate of drug-likeness (QED) is 0.743. The summed E-state index contributed by atoms with van der Waals surface area (Å²) in [5.41, 5.74) is 4.60. The number of rotatable bonds is 3. The predicted molar refractivity (Wildman–Crippen MR) is 114 cm³/mol. The zero-order valence-electron chi connectivity index (χ0n) is 17.5. The van der Waals surface area contributed by atoms with Crippen LogP contribution in [0.5, 0.6) is 0 Å². The van der Waals surface area contributed by atoms with E-state index in [2.05, 4.69) is 35.6 Å². The lowest BCUT2D eigenvalue weighted by Crippen LogP contribution is -2.37. The van der Waals surface area contributed by atoms with E-state index in [0.29, 0.717) is 6.54 Å². The number of aryl methyl sites for hydroxylation is 1. The fourth-order valence-corrected chi connectivity index (χ4v) is 3.59. The Hall–Kier alpha value is -2.86. The molecule has 0 fully saturated rings. The fraction of sp³-hybridized carbons (Fsp3) is 0.391. The number of fused-ring (bicyclic) bond motifs is 1. The third kappa shape index (κ3) is 4.12. The molecule has 0 bridgehead atoms. The number of H-pyrrole nitrogens is 1. The topological polar surface area (TPSA) is 74.8 Å². The largest absolute Gasteiger partial charge is 0.310 e. The molecule has 0 atom stereocenters. The van der Waals surface area contributed by atoms with Crippen molar-refractivity contribution < 1.29 is 0 Å². The monoisotopic (exact) mass is 389 g/mol. The van der Waals surface area contributed by atoms with Crippen LogP contribution in [0.25, 0.3) is 11.4 Å². The minimum atomic E-state index is -0.166. The van der Waals surface area contributed by atoms with Crippen LogP contribution in [-0.4, -0.2) is 31.4 Å². The summed E-state index contributed by atoms with van der Waals surface area (Å²) in [6.45, 7) is 10.4. The summed E-state index contributed by atoms with van der Waals surface area (Å²) >= 11 is 0. The van der Waals surface area contributed by atoms with E-state index in [1.54, 1.807) is 0 Å². The van der Waals surface area contributed by atoms with E-state index in [4.69, 9.17) is 9.97 Å². The zero-order valence-corrected chi connectivity index (χ0v) is 17.5. The van der Waals surface area contributed by atoms with E-state index < -0.39 is 0 Å². The maximum Gasteiger partial charge on any atom is 0.255 e. The fourth-order valence-electron chi connectivity index (χ4n) is 3.59. The van der Waals surface area contributed by atoms with E-state index in [-0.39, 0.29) is 11.0 Å². The third-order valence-electron chi connectivity index (χ3n) is 5.37. The Morgan fingerprint density at radius 2 is 1.90 bits per heavy atom. The van der Waals surface area contributed by atoms with Crippen LogP contribution >= 0.6 is 0 Å². The molecule has 1 aliphatic rings. The Morgan fingerprint density at radius 3 is 2.59 bits per heavy atom. The number of hydrogen-bond acceptors (Lipinski definition) is 5. The van der Waals surface area contributed by atoms with Crippen LogP contribution in [0.15, 0.2) is 41.3 Å². The SMILES string of the molecule is Cc1nc(-c2ccccc2)ncc1CN1CCc2nc(C(C)(C)C)[nH]c(=O)c2C1. The molecule has 29 heavy (non-hydrogen) atoms. The van der Waals surface area contributed by atoms with Crippen molar-refractivity contribution in [2.45, 2.75) is 52.6 Å². The van der Waals surface area contributed by atoms with Crippen LogP contribution in [0.4, 0.5) is 0 Å². The normalized spacial score (nSPS) is 14.6. The second-order valence-corrected chi connectivity index (χ2v) is 8.72. The first-order valence-corrected chi connectivity index (χ1v) is 10.0. The Morgan fingerprint density at radius 1 is 1.14 bits per heavy atom. The molecule has 3 aromatic rings. The molecule has 1 N–H and O–H groups in total. The molecule has 150 valence electrons. The smallest absolute Gasteiger partial charge is 0.255 e. The number of hydrogen-bond donors (Lipinski definition) is 1. The maximum absolute atomic E-state index is 12.7. The first-order chi connectivity index (χ1) is 13.8. The molecule has 1 aromatic carbocycles. The summed E-state index contributed by atoms with van der Waals surface area (Å²) in [4.78, 5) is 31.9. The van der Waals surface area contributed by atoms with Gasteiger partial charge in [0.1, 0.15) is 5.82 Å². The van der Waals surface area contributed by atoms with E-state index in [9.17, 15) is 4.79 Å². The Labute approximate surface area is 171 Å². The first-order valence-electron chi connectivity index (χ1n) is 10.0. The van der Waals surface area contributed by atoms with Crippen molar-refractivity contribution >= 4 is 0 Å². The summed E-state index contributed by atoms with van der Waals surface area (Å²) in [6.07, 6.45) is 2.69. The highest BCUT2D eigenvalue weighted by Gasteiger charge is 2.25. The molecule has 0 aliphatic carbocycles. The average Bonchev–Trinajstić information content (AvgIpc) is 2.70. The number of nitrogens with zero attached hydrogens (tertiary/aromatic N) is 4. The van der Waals surface area contributed by atoms with Gasteiger partial charge in [0.15, 0.2) is 5.82 Å². The van der Waals surface area contributed by atoms with Gasteiger partial charge in [-0.25, -0.2) is 15.0 Å². The second-order valence-electron chi connectivity index (χ2n) is 8.72. The van der Waals surface area contributed by atoms with Gasteiger partial charge in [-0.2, -0.15) is 0 Å². The van der Waals surface area contributed by atoms with E-state index in [1.807, 2.05) is 43.5 Å². The Bertz CT molecular complexity index is 1080. The highest BCUT2D eigenvalue weighted by molar-refractivity contribution is 5.54. The van der Waals surface area contributed by atoms with Crippen molar-refractivity contribution in [2.75, 3.05) is 6.54 Å². The molecule has 1 aliphatic heterocycles. The summed E-state index contributed by atoms with van der Waals surface area (Å²) < 4.78 is 0. The van der Waals surface area contributed by atoms with Gasteiger partial charge < -0.3 is 4.98 Å². The molecule has 0 saturated carbocycles. The number of aromatic amines is 1. The molecule has 0 unspecified atom stereocenters. The lowest BCUT2D eigenvalue weighted by molar-refractivity contribution is 0.240. The maximum atomic E-state index is 12.7. The molecule has 6 heteroatoms. The van der Waals surface area contributed by atoms with Crippen molar-refractivity contribution in [3.8, 4) is 11.4 Å². The summed E-state index contributed by atoms with van der Waals surface area (Å²) in [5.74, 6) is 1.50. The van der Waals surface area contributed by atoms with Gasteiger partial charge in [-0.15, -0.1) is 0 Å². The standard InChI is InChI=1S/C23H27N5O/c1-15-17(12-24-20(25-15)16-8-6-5-7-9-16)13-28-11-10-19-18(14-28)21(29)27-22(26-19)23(2,3)4/h5-9,12H,10-11,13-14H2,1-4H3,(H,26,27,29). The minimum absolute atomic E-state index is 0.0166. The van der Waals surface area contributed by atoms with Gasteiger partial charge in [0.2, 0.25) is 0 Å². The predicted octanol–water partition coefficient (Wildman–Crippen LogP) is 3.39. The highest BCUT2D eigenvalue weighted by atomic mass is 16.1. The van der Waals surface area contributed by atoms with Crippen LogP contribution in [0.1, 0.15) is 49.1 Å². The minimum Gasteiger partial charge on any atom is -0.310 e. The molecule has 0 amide bonds. The molecular formula is C23H27N5O. The molecule has 6 nitrogen and oxygen atoms in total. The third-order valence-corrected chi connectivity index (χ3v) is 5.37. The van der Waals surface area contributed by atoms with Gasteiger partial charge in [-0.1, -0.05) is 51.1 Å². The van der Waals surface area contributed by atoms with Crippen molar-refractivity contribution in [1.29, 1.82) is 0 Å². The number of benzene rings is 1. The van der Waals surface area contributed by atoms with Crippen LogP contribution in [0.2, 0.25) is 0 Å². The molecule has 0 saturated heterocycles. The molecule has 0 spiro atoms. The molecular weight excluding hydrogens is 362 g/mol. The summed E-state index contributed by atoms with van der Waals surface area (Å²) in [5, 5.41) is 0. The molecule has 2 aromatic heterocycles. The van der Waals surface area contributed by atoms with Gasteiger partial charge in [0.25, 0.3) is 5.56 Å². The van der Waals surface area contributed by atoms with Gasteiger partial charge in [0, 0.05) is 54.5 Å². The number of aromatic nitrogens is 4. The summed E-state index contributed by atoms with van der Waals surface area (Å²) in [6, 6.07) is 10.00. The van der Waals surface area contributed by atoms with Crippen LogP contribution in [0, 0.1) is 6.92 Å². The molecule has 3 heterocycles. The van der Waals surface area contributed by atoms with Gasteiger partial charge in [-0.3, -0.25) is 9.69 Å². The van der Waals surface area contributed by atoms with Gasteiger partial charge >= 0.3 is 0 Å². The first kappa shape index (κ1) is 19.5. The van der Waals surface area contributed by atoms with Crippen LogP contribution in [0.3, 0.4) is 0 Å². The zero-order chi connectivity index (χ0) is 20.6. The lowest BCUT2D eigenvalue weighted by Gasteiger charge is -2.29. The average molecular weight is 390 g/mol. The Balaban J connectivity index is 1.53. The Kier molecular flexibility index (Phi) is 5.04. The van der Waals surface area contributed by atoms with E-state index in [0.717, 1.165) is 59.2 Å². The van der Waals surface area contributed by atoms with Crippen LogP contribution in [-0.2, 0) is 24.9 Å². The van der Waals surface area contributed by atoms with Gasteiger partial charge in [-0.05, 0) is 6.92 Å². The summed E-state index contributed by atoms with van der Waals surface area (Å²) in [7, 11) is 0. The van der Waals surface area contributed by atoms with Crippen molar-refractivity contribution in [1.82, 2.24) is 24.8 Å². The highest BCUT2D eigenvalue weighted by Crippen LogP contribution is 2.22. The van der Waals surface area contributed by atoms with Gasteiger partial charge in [0.05, 0.1) is 11.3 Å². The number of nitrogens with one attached hydrogen (secondary N) is 1. The van der Waals surface area contributed by atoms with E-state index in [1.165, 1.54) is 0 Å². The van der Waals surface area contributed by atoms with Crippen LogP contribution < -0.4 is 5.56 Å². The van der Waals surface area contributed by atoms with E-state index >= 15 is 0 Å². The lowest BCUT2D eigenvalue weighted by atomic mass is 9.95. The molecule has 4 rings (SSSR count). The van der Waals surface area contributed by atoms with Crippen molar-refractivity contribution in [2.24, 2.45) is 0 Å². The van der Waals surface area contributed by atoms with Crippen molar-refractivity contribution in [3.63, 3.8) is 0 Å². The second kappa shape index (κ2) is 7.52. The van der Waals surface area contributed by atoms with Crippen molar-refractivity contribution in [3.05, 3.63) is 75.2 Å². The molecule has 0 radical (unpaired) electrons.